The van der Waals surface area contributed by atoms with Crippen molar-refractivity contribution < 1.29 is 9.59 Å². The molecule has 2 heteroatoms. The third kappa shape index (κ3) is 1.41. The van der Waals surface area contributed by atoms with E-state index >= 15 is 0 Å². The Kier molecular flexibility index (Phi) is 2.43. The van der Waals surface area contributed by atoms with E-state index in [0.29, 0.717) is 47.1 Å². The molecule has 6 unspecified atom stereocenters. The van der Waals surface area contributed by atoms with Gasteiger partial charge in [-0.15, -0.1) is 0 Å². The summed E-state index contributed by atoms with van der Waals surface area (Å²) in [5.41, 5.74) is 0. The summed E-state index contributed by atoms with van der Waals surface area (Å²) in [7, 11) is 0. The molecule has 4 aliphatic carbocycles. The number of rotatable bonds is 0. The molecule has 4 rings (SSSR count). The average molecular weight is 246 g/mol. The molecule has 18 heavy (non-hydrogen) atoms. The van der Waals surface area contributed by atoms with Gasteiger partial charge in [0.2, 0.25) is 0 Å². The van der Waals surface area contributed by atoms with Crippen LogP contribution in [-0.2, 0) is 9.59 Å². The second kappa shape index (κ2) is 3.91. The fraction of sp³-hybridized carbons (Fsp3) is 0.875. The van der Waals surface area contributed by atoms with Crippen molar-refractivity contribution in [3.8, 4) is 0 Å². The zero-order valence-corrected chi connectivity index (χ0v) is 10.9. The SMILES string of the molecule is O=C1CC2CCC(=O)C3C4CCCCC4C(C1)C23. The lowest BCUT2D eigenvalue weighted by atomic mass is 9.63. The second-order valence-corrected chi connectivity index (χ2v) is 7.09. The highest BCUT2D eigenvalue weighted by Crippen LogP contribution is 2.61. The quantitative estimate of drug-likeness (QED) is 0.658. The van der Waals surface area contributed by atoms with Crippen molar-refractivity contribution in [1.82, 2.24) is 0 Å². The van der Waals surface area contributed by atoms with Crippen molar-refractivity contribution >= 4 is 11.6 Å². The van der Waals surface area contributed by atoms with Crippen LogP contribution in [0, 0.1) is 35.5 Å². The van der Waals surface area contributed by atoms with Crippen molar-refractivity contribution in [2.45, 2.75) is 51.4 Å². The van der Waals surface area contributed by atoms with E-state index in [1.54, 1.807) is 0 Å². The van der Waals surface area contributed by atoms with Crippen LogP contribution in [0.5, 0.6) is 0 Å². The molecule has 0 aromatic carbocycles. The standard InChI is InChI=1S/C16H22O2/c17-10-7-9-5-6-14(18)16-12-4-2-1-3-11(12)13(8-10)15(9)16/h9,11-13,15-16H,1-8H2. The maximum Gasteiger partial charge on any atom is 0.136 e. The Bertz CT molecular complexity index is 400. The van der Waals surface area contributed by atoms with Crippen molar-refractivity contribution in [3.05, 3.63) is 0 Å². The lowest BCUT2D eigenvalue weighted by Crippen LogP contribution is -2.40. The first kappa shape index (κ1) is 11.2. The monoisotopic (exact) mass is 246 g/mol. The molecular weight excluding hydrogens is 224 g/mol. The molecule has 98 valence electrons. The highest BCUT2D eigenvalue weighted by molar-refractivity contribution is 5.85. The predicted octanol–water partition coefficient (Wildman–Crippen LogP) is 3.00. The molecule has 6 atom stereocenters. The van der Waals surface area contributed by atoms with Gasteiger partial charge in [0.05, 0.1) is 0 Å². The Morgan fingerprint density at radius 3 is 2.44 bits per heavy atom. The number of carbonyl (C=O) groups excluding carboxylic acids is 2. The van der Waals surface area contributed by atoms with Gasteiger partial charge in [0, 0.05) is 25.2 Å². The van der Waals surface area contributed by atoms with Crippen LogP contribution in [0.1, 0.15) is 51.4 Å². The predicted molar refractivity (Wildman–Crippen MR) is 67.9 cm³/mol. The summed E-state index contributed by atoms with van der Waals surface area (Å²) in [6.07, 6.45) is 8.52. The van der Waals surface area contributed by atoms with E-state index in [1.165, 1.54) is 25.7 Å². The van der Waals surface area contributed by atoms with Gasteiger partial charge in [0.1, 0.15) is 11.6 Å². The van der Waals surface area contributed by atoms with Gasteiger partial charge in [-0.1, -0.05) is 12.8 Å². The molecule has 4 fully saturated rings. The fourth-order valence-corrected chi connectivity index (χ4v) is 5.95. The van der Waals surface area contributed by atoms with Crippen LogP contribution in [-0.4, -0.2) is 11.6 Å². The molecule has 0 amide bonds. The minimum absolute atomic E-state index is 0.354. The summed E-state index contributed by atoms with van der Waals surface area (Å²) in [4.78, 5) is 24.3. The Hall–Kier alpha value is -0.660. The van der Waals surface area contributed by atoms with Gasteiger partial charge >= 0.3 is 0 Å². The maximum absolute atomic E-state index is 12.4. The number of hydrogen-bond donors (Lipinski definition) is 0. The summed E-state index contributed by atoms with van der Waals surface area (Å²) in [6, 6.07) is 0. The summed E-state index contributed by atoms with van der Waals surface area (Å²) in [6.45, 7) is 0. The van der Waals surface area contributed by atoms with Gasteiger partial charge in [0.15, 0.2) is 0 Å². The Labute approximate surface area is 109 Å². The fourth-order valence-electron chi connectivity index (χ4n) is 5.95. The third-order valence-corrected chi connectivity index (χ3v) is 6.43. The first-order valence-electron chi connectivity index (χ1n) is 7.80. The first-order chi connectivity index (χ1) is 8.75. The maximum atomic E-state index is 12.4. The summed E-state index contributed by atoms with van der Waals surface area (Å²) >= 11 is 0. The minimum atomic E-state index is 0.354. The van der Waals surface area contributed by atoms with Gasteiger partial charge in [-0.05, 0) is 48.9 Å². The van der Waals surface area contributed by atoms with Gasteiger partial charge in [-0.2, -0.15) is 0 Å². The zero-order chi connectivity index (χ0) is 12.3. The molecule has 0 aromatic heterocycles. The molecular formula is C16H22O2. The molecule has 0 aliphatic heterocycles. The summed E-state index contributed by atoms with van der Waals surface area (Å²) in [5.74, 6) is 4.48. The van der Waals surface area contributed by atoms with Gasteiger partial charge in [-0.3, -0.25) is 9.59 Å². The van der Waals surface area contributed by atoms with Gasteiger partial charge in [-0.25, -0.2) is 0 Å². The molecule has 0 spiro atoms. The van der Waals surface area contributed by atoms with Gasteiger partial charge < -0.3 is 0 Å². The summed E-state index contributed by atoms with van der Waals surface area (Å²) < 4.78 is 0. The van der Waals surface area contributed by atoms with E-state index < -0.39 is 0 Å². The van der Waals surface area contributed by atoms with Crippen LogP contribution in [0.3, 0.4) is 0 Å². The highest BCUT2D eigenvalue weighted by atomic mass is 16.1. The average Bonchev–Trinajstić information content (AvgIpc) is 2.70. The van der Waals surface area contributed by atoms with E-state index in [4.69, 9.17) is 0 Å². The Morgan fingerprint density at radius 2 is 1.61 bits per heavy atom. The van der Waals surface area contributed by atoms with Crippen molar-refractivity contribution in [2.75, 3.05) is 0 Å². The van der Waals surface area contributed by atoms with E-state index in [1.807, 2.05) is 0 Å². The smallest absolute Gasteiger partial charge is 0.136 e. The van der Waals surface area contributed by atoms with E-state index in [9.17, 15) is 9.59 Å². The number of Topliss-reactive ketones (excluding diaryl/α,β-unsaturated/α-hetero) is 2. The van der Waals surface area contributed by atoms with Crippen LogP contribution in [0.2, 0.25) is 0 Å². The van der Waals surface area contributed by atoms with Crippen molar-refractivity contribution in [2.24, 2.45) is 35.5 Å². The van der Waals surface area contributed by atoms with Crippen LogP contribution in [0.4, 0.5) is 0 Å². The molecule has 2 nitrogen and oxygen atoms in total. The number of fused-ring (bicyclic) bond motifs is 3. The second-order valence-electron chi connectivity index (χ2n) is 7.09. The van der Waals surface area contributed by atoms with Crippen molar-refractivity contribution in [1.29, 1.82) is 0 Å². The molecule has 4 aliphatic rings. The van der Waals surface area contributed by atoms with Crippen LogP contribution in [0.25, 0.3) is 0 Å². The molecule has 0 bridgehead atoms. The minimum Gasteiger partial charge on any atom is -0.300 e. The molecule has 0 saturated heterocycles. The highest BCUT2D eigenvalue weighted by Gasteiger charge is 2.58. The van der Waals surface area contributed by atoms with E-state index in [0.717, 1.165) is 25.7 Å². The van der Waals surface area contributed by atoms with Crippen molar-refractivity contribution in [3.63, 3.8) is 0 Å². The van der Waals surface area contributed by atoms with E-state index in [-0.39, 0.29) is 0 Å². The van der Waals surface area contributed by atoms with Crippen LogP contribution in [0.15, 0.2) is 0 Å². The van der Waals surface area contributed by atoms with E-state index in [2.05, 4.69) is 0 Å². The normalized spacial score (nSPS) is 50.9. The molecule has 0 radical (unpaired) electrons. The number of hydrogen-bond acceptors (Lipinski definition) is 2. The number of ketones is 2. The Morgan fingerprint density at radius 1 is 0.833 bits per heavy atom. The number of carbonyl (C=O) groups is 2. The van der Waals surface area contributed by atoms with Crippen LogP contribution < -0.4 is 0 Å². The van der Waals surface area contributed by atoms with Crippen LogP contribution >= 0.6 is 0 Å². The Balaban J connectivity index is 1.74. The van der Waals surface area contributed by atoms with Gasteiger partial charge in [0.25, 0.3) is 0 Å². The topological polar surface area (TPSA) is 34.1 Å². The third-order valence-electron chi connectivity index (χ3n) is 6.43. The lowest BCUT2D eigenvalue weighted by molar-refractivity contribution is -0.135. The molecule has 0 N–H and O–H groups in total. The molecule has 0 heterocycles. The largest absolute Gasteiger partial charge is 0.300 e. The lowest BCUT2D eigenvalue weighted by Gasteiger charge is -2.40. The molecule has 4 saturated carbocycles. The zero-order valence-electron chi connectivity index (χ0n) is 10.9. The first-order valence-corrected chi connectivity index (χ1v) is 7.80. The summed E-state index contributed by atoms with van der Waals surface area (Å²) in [5, 5.41) is 0. The molecule has 0 aromatic rings.